The molecule has 0 aromatic heterocycles. The highest BCUT2D eigenvalue weighted by Gasteiger charge is 2.14. The first-order valence-electron chi connectivity index (χ1n) is 6.18. The topological polar surface area (TPSA) is 38.0 Å². The van der Waals surface area contributed by atoms with Crippen molar-refractivity contribution in [3.05, 3.63) is 62.8 Å². The molecule has 0 saturated heterocycles. The van der Waals surface area contributed by atoms with Gasteiger partial charge in [0.2, 0.25) is 0 Å². The van der Waals surface area contributed by atoms with Crippen molar-refractivity contribution in [1.29, 1.82) is 0 Å². The Kier molecular flexibility index (Phi) is 5.02. The molecule has 2 aromatic rings. The summed E-state index contributed by atoms with van der Waals surface area (Å²) in [7, 11) is 0. The molecular formula is C15H15BrClFN2. The highest BCUT2D eigenvalue weighted by atomic mass is 79.9. The van der Waals surface area contributed by atoms with Crippen LogP contribution in [-0.4, -0.2) is 6.54 Å². The lowest BCUT2D eigenvalue weighted by atomic mass is 10.1. The van der Waals surface area contributed by atoms with Crippen molar-refractivity contribution in [2.75, 3.05) is 11.9 Å². The second-order valence-corrected chi connectivity index (χ2v) is 5.94. The maximum atomic E-state index is 13.1. The van der Waals surface area contributed by atoms with E-state index in [9.17, 15) is 4.39 Å². The van der Waals surface area contributed by atoms with Gasteiger partial charge in [0.1, 0.15) is 5.82 Å². The second-order valence-electron chi connectivity index (χ2n) is 4.62. The smallest absolute Gasteiger partial charge is 0.124 e. The molecule has 1 atom stereocenters. The molecule has 0 aliphatic heterocycles. The van der Waals surface area contributed by atoms with Crippen LogP contribution in [0, 0.1) is 12.7 Å². The van der Waals surface area contributed by atoms with Gasteiger partial charge in [0.15, 0.2) is 0 Å². The number of aryl methyl sites for hydroxylation is 1. The van der Waals surface area contributed by atoms with Gasteiger partial charge in [0.05, 0.1) is 6.04 Å². The molecule has 0 saturated carbocycles. The second kappa shape index (κ2) is 6.57. The Labute approximate surface area is 131 Å². The van der Waals surface area contributed by atoms with Crippen LogP contribution in [0.4, 0.5) is 10.1 Å². The predicted molar refractivity (Wildman–Crippen MR) is 85.7 cm³/mol. The van der Waals surface area contributed by atoms with Crippen molar-refractivity contribution < 1.29 is 4.39 Å². The first-order chi connectivity index (χ1) is 9.49. The van der Waals surface area contributed by atoms with Crippen LogP contribution in [0.3, 0.4) is 0 Å². The average Bonchev–Trinajstić information content (AvgIpc) is 2.35. The van der Waals surface area contributed by atoms with E-state index in [2.05, 4.69) is 21.2 Å². The standard InChI is InChI=1S/C15H15BrClFN2/c1-9-4-10(16)6-12(5-9)20-15(8-19)13-3-2-11(18)7-14(13)17/h2-7,15,20H,8,19H2,1H3. The quantitative estimate of drug-likeness (QED) is 0.835. The molecule has 1 unspecified atom stereocenters. The van der Waals surface area contributed by atoms with Crippen LogP contribution in [-0.2, 0) is 0 Å². The number of hydrogen-bond donors (Lipinski definition) is 2. The molecule has 0 heterocycles. The van der Waals surface area contributed by atoms with Gasteiger partial charge in [-0.3, -0.25) is 0 Å². The highest BCUT2D eigenvalue weighted by molar-refractivity contribution is 9.10. The summed E-state index contributed by atoms with van der Waals surface area (Å²) in [5.41, 5.74) is 8.66. The Morgan fingerprint density at radius 2 is 2.05 bits per heavy atom. The fourth-order valence-corrected chi connectivity index (χ4v) is 2.98. The van der Waals surface area contributed by atoms with Crippen molar-refractivity contribution in [3.63, 3.8) is 0 Å². The van der Waals surface area contributed by atoms with Crippen molar-refractivity contribution in [2.24, 2.45) is 5.73 Å². The summed E-state index contributed by atoms with van der Waals surface area (Å²) < 4.78 is 14.1. The highest BCUT2D eigenvalue weighted by Crippen LogP contribution is 2.28. The van der Waals surface area contributed by atoms with E-state index in [4.69, 9.17) is 17.3 Å². The largest absolute Gasteiger partial charge is 0.377 e. The molecule has 0 spiro atoms. The van der Waals surface area contributed by atoms with Gasteiger partial charge in [0.25, 0.3) is 0 Å². The zero-order chi connectivity index (χ0) is 14.7. The number of rotatable bonds is 4. The molecule has 0 aliphatic carbocycles. The van der Waals surface area contributed by atoms with E-state index < -0.39 is 0 Å². The van der Waals surface area contributed by atoms with Crippen LogP contribution in [0.1, 0.15) is 17.2 Å². The van der Waals surface area contributed by atoms with E-state index in [-0.39, 0.29) is 11.9 Å². The Bertz CT molecular complexity index is 599. The molecule has 2 nitrogen and oxygen atoms in total. The zero-order valence-electron chi connectivity index (χ0n) is 11.0. The Hall–Kier alpha value is -1.10. The molecule has 3 N–H and O–H groups in total. The molecule has 20 heavy (non-hydrogen) atoms. The molecule has 0 radical (unpaired) electrons. The van der Waals surface area contributed by atoms with Gasteiger partial charge >= 0.3 is 0 Å². The summed E-state index contributed by atoms with van der Waals surface area (Å²) in [4.78, 5) is 0. The van der Waals surface area contributed by atoms with Gasteiger partial charge in [-0.25, -0.2) is 4.39 Å². The summed E-state index contributed by atoms with van der Waals surface area (Å²) >= 11 is 9.55. The third-order valence-electron chi connectivity index (χ3n) is 2.96. The average molecular weight is 358 g/mol. The van der Waals surface area contributed by atoms with Gasteiger partial charge in [-0.1, -0.05) is 33.6 Å². The van der Waals surface area contributed by atoms with Gasteiger partial charge < -0.3 is 11.1 Å². The monoisotopic (exact) mass is 356 g/mol. The van der Waals surface area contributed by atoms with E-state index in [1.165, 1.54) is 12.1 Å². The van der Waals surface area contributed by atoms with Gasteiger partial charge in [-0.15, -0.1) is 0 Å². The summed E-state index contributed by atoms with van der Waals surface area (Å²) in [5, 5.41) is 3.70. The molecule has 0 aliphatic rings. The molecule has 0 bridgehead atoms. The number of nitrogens with two attached hydrogens (primary N) is 1. The van der Waals surface area contributed by atoms with Crippen LogP contribution in [0.2, 0.25) is 5.02 Å². The molecule has 2 aromatic carbocycles. The van der Waals surface area contributed by atoms with Crippen LogP contribution in [0.25, 0.3) is 0 Å². The van der Waals surface area contributed by atoms with E-state index in [1.807, 2.05) is 25.1 Å². The minimum Gasteiger partial charge on any atom is -0.377 e. The Morgan fingerprint density at radius 1 is 1.30 bits per heavy atom. The summed E-state index contributed by atoms with van der Waals surface area (Å²) in [5.74, 6) is -0.354. The van der Waals surface area contributed by atoms with Gasteiger partial charge in [-0.2, -0.15) is 0 Å². The maximum Gasteiger partial charge on any atom is 0.124 e. The summed E-state index contributed by atoms with van der Waals surface area (Å²) in [6.07, 6.45) is 0. The number of nitrogens with one attached hydrogen (secondary N) is 1. The summed E-state index contributed by atoms with van der Waals surface area (Å²) in [6, 6.07) is 10.2. The first kappa shape index (κ1) is 15.3. The van der Waals surface area contributed by atoms with E-state index in [1.54, 1.807) is 6.07 Å². The maximum absolute atomic E-state index is 13.1. The van der Waals surface area contributed by atoms with E-state index in [0.717, 1.165) is 21.3 Å². The third-order valence-corrected chi connectivity index (χ3v) is 3.74. The predicted octanol–water partition coefficient (Wildman–Crippen LogP) is 4.66. The lowest BCUT2D eigenvalue weighted by molar-refractivity contribution is 0.626. The first-order valence-corrected chi connectivity index (χ1v) is 7.35. The third kappa shape index (κ3) is 3.72. The van der Waals surface area contributed by atoms with Crippen LogP contribution < -0.4 is 11.1 Å². The number of benzene rings is 2. The molecule has 106 valence electrons. The summed E-state index contributed by atoms with van der Waals surface area (Å²) in [6.45, 7) is 2.37. The minimum atomic E-state index is -0.354. The van der Waals surface area contributed by atoms with Crippen molar-refractivity contribution in [2.45, 2.75) is 13.0 Å². The lowest BCUT2D eigenvalue weighted by Crippen LogP contribution is -2.21. The SMILES string of the molecule is Cc1cc(Br)cc(NC(CN)c2ccc(F)cc2Cl)c1. The number of anilines is 1. The minimum absolute atomic E-state index is 0.170. The molecule has 0 fully saturated rings. The fraction of sp³-hybridized carbons (Fsp3) is 0.200. The Balaban J connectivity index is 2.28. The van der Waals surface area contributed by atoms with E-state index in [0.29, 0.717) is 11.6 Å². The van der Waals surface area contributed by atoms with Crippen LogP contribution >= 0.6 is 27.5 Å². The molecule has 2 rings (SSSR count). The van der Waals surface area contributed by atoms with Gasteiger partial charge in [0, 0.05) is 21.7 Å². The van der Waals surface area contributed by atoms with Crippen molar-refractivity contribution >= 4 is 33.2 Å². The van der Waals surface area contributed by atoms with Crippen molar-refractivity contribution in [1.82, 2.24) is 0 Å². The van der Waals surface area contributed by atoms with Crippen LogP contribution in [0.15, 0.2) is 40.9 Å². The normalized spacial score (nSPS) is 12.2. The van der Waals surface area contributed by atoms with E-state index >= 15 is 0 Å². The van der Waals surface area contributed by atoms with Crippen molar-refractivity contribution in [3.8, 4) is 0 Å². The van der Waals surface area contributed by atoms with Crippen LogP contribution in [0.5, 0.6) is 0 Å². The number of hydrogen-bond acceptors (Lipinski definition) is 2. The molecule has 0 amide bonds. The number of halogens is 3. The fourth-order valence-electron chi connectivity index (χ4n) is 2.07. The lowest BCUT2D eigenvalue weighted by Gasteiger charge is -2.20. The Morgan fingerprint density at radius 3 is 2.65 bits per heavy atom. The zero-order valence-corrected chi connectivity index (χ0v) is 13.3. The molecule has 5 heteroatoms. The molecular weight excluding hydrogens is 343 g/mol. The van der Waals surface area contributed by atoms with Gasteiger partial charge in [-0.05, 0) is 48.4 Å².